The predicted octanol–water partition coefficient (Wildman–Crippen LogP) is 11.2. The number of carbonyl (C=O) groups is 3. The van der Waals surface area contributed by atoms with Crippen LogP contribution in [0.15, 0.2) is 160 Å². The highest BCUT2D eigenvalue weighted by atomic mass is 35.5. The van der Waals surface area contributed by atoms with Gasteiger partial charge in [0, 0.05) is 50.0 Å². The number of aliphatic carboxylic acids is 3. The molecule has 85 heavy (non-hydrogen) atoms. The molecule has 0 bridgehead atoms. The lowest BCUT2D eigenvalue weighted by molar-refractivity contribution is -0.138. The quantitative estimate of drug-likeness (QED) is 0.0979. The van der Waals surface area contributed by atoms with Crippen molar-refractivity contribution in [2.75, 3.05) is 17.3 Å². The van der Waals surface area contributed by atoms with Crippen LogP contribution in [0, 0.1) is 20.8 Å². The van der Waals surface area contributed by atoms with Crippen LogP contribution in [0.2, 0.25) is 5.02 Å². The molecule has 3 N–H and O–H groups in total. The van der Waals surface area contributed by atoms with Gasteiger partial charge in [-0.05, 0) is 157 Å². The Balaban J connectivity index is 0.000000133. The maximum atomic E-state index is 12.2. The van der Waals surface area contributed by atoms with E-state index in [4.69, 9.17) is 11.6 Å². The number of hydrogen-bond donors (Lipinski definition) is 3. The molecule has 7 aromatic carbocycles. The molecule has 0 aliphatic carbocycles. The van der Waals surface area contributed by atoms with E-state index < -0.39 is 47.4 Å². The number of carboxylic acid groups (broad SMARTS) is 3. The Morgan fingerprint density at radius 1 is 0.435 bits per heavy atom. The second-order valence-corrected chi connectivity index (χ2v) is 28.7. The summed E-state index contributed by atoms with van der Waals surface area (Å²) >= 11 is 6.12. The molecule has 3 aliphatic rings. The molecule has 436 valence electrons. The van der Waals surface area contributed by atoms with Crippen molar-refractivity contribution in [3.05, 3.63) is 218 Å². The highest BCUT2D eigenvalue weighted by molar-refractivity contribution is 7.92. The Hall–Kier alpha value is -8.29. The van der Waals surface area contributed by atoms with Crippen molar-refractivity contribution < 1.29 is 55.0 Å². The molecule has 0 atom stereocenters. The number of fused-ring (bicyclic) bond motifs is 6. The normalized spacial score (nSPS) is 15.0. The van der Waals surface area contributed by atoms with Crippen molar-refractivity contribution in [1.29, 1.82) is 0 Å². The van der Waals surface area contributed by atoms with Crippen molar-refractivity contribution in [3.8, 4) is 11.3 Å². The molecular formula is C66H60ClN3O12S3. The van der Waals surface area contributed by atoms with E-state index in [2.05, 4.69) is 6.07 Å². The molecule has 6 heterocycles. The molecule has 10 aromatic rings. The minimum Gasteiger partial charge on any atom is -0.480 e. The summed E-state index contributed by atoms with van der Waals surface area (Å²) in [5.74, 6) is -2.16. The average Bonchev–Trinajstić information content (AvgIpc) is 2.27. The van der Waals surface area contributed by atoms with Crippen molar-refractivity contribution in [1.82, 2.24) is 13.7 Å². The summed E-state index contributed by atoms with van der Waals surface area (Å²) in [5, 5.41) is 31.7. The predicted molar refractivity (Wildman–Crippen MR) is 328 cm³/mol. The largest absolute Gasteiger partial charge is 0.480 e. The minimum atomic E-state index is -3.16. The molecule has 13 rings (SSSR count). The molecule has 0 spiro atoms. The summed E-state index contributed by atoms with van der Waals surface area (Å²) in [5.41, 5.74) is 16.2. The molecule has 0 saturated carbocycles. The molecule has 0 amide bonds. The Labute approximate surface area is 497 Å². The molecule has 0 unspecified atom stereocenters. The molecule has 15 nitrogen and oxygen atoms in total. The number of carboxylic acids is 3. The number of halogens is 1. The minimum absolute atomic E-state index is 0.0756. The highest BCUT2D eigenvalue weighted by Crippen LogP contribution is 2.38. The summed E-state index contributed by atoms with van der Waals surface area (Å²) < 4.78 is 77.9. The van der Waals surface area contributed by atoms with E-state index >= 15 is 0 Å². The number of aromatic nitrogens is 3. The first-order valence-corrected chi connectivity index (χ1v) is 33.0. The second-order valence-electron chi connectivity index (χ2n) is 22.0. The van der Waals surface area contributed by atoms with E-state index in [1.54, 1.807) is 34.9 Å². The first-order chi connectivity index (χ1) is 40.5. The zero-order valence-electron chi connectivity index (χ0n) is 46.8. The fraction of sp³-hybridized carbons (Fsp3) is 0.227. The van der Waals surface area contributed by atoms with Gasteiger partial charge in [0.05, 0.1) is 43.2 Å². The maximum Gasteiger partial charge on any atom is 0.323 e. The highest BCUT2D eigenvalue weighted by Gasteiger charge is 2.30. The van der Waals surface area contributed by atoms with Gasteiger partial charge in [-0.2, -0.15) is 0 Å². The van der Waals surface area contributed by atoms with E-state index in [9.17, 15) is 55.0 Å². The number of rotatable bonds is 13. The lowest BCUT2D eigenvalue weighted by atomic mass is 9.97. The topological polar surface area (TPSA) is 229 Å². The van der Waals surface area contributed by atoms with E-state index in [1.807, 2.05) is 139 Å². The van der Waals surface area contributed by atoms with Gasteiger partial charge in [0.15, 0.2) is 29.5 Å². The number of sulfone groups is 3. The SMILES string of the molecule is Cc1c(Cc2ccc3c(c2)CCS3(=O)=O)c2ccc(Cl)cc2n1CC(=O)O.Cc1ccc2c(c1)c(Cc1ccc3c(c1)CCS3(=O)=O)c(C)n2CC(=O)O.O=C(O)Cn1c(-c2ccccc2)c(Cc2ccc3c(c2)CCS3(=O)=O)c2ccccc21. The Kier molecular flexibility index (Phi) is 15.8. The number of para-hydroxylation sites is 1. The molecule has 3 aromatic heterocycles. The number of hydrogen-bond acceptors (Lipinski definition) is 9. The average molecular weight is 1220 g/mol. The van der Waals surface area contributed by atoms with Gasteiger partial charge >= 0.3 is 17.9 Å². The van der Waals surface area contributed by atoms with E-state index in [0.717, 1.165) is 111 Å². The Morgan fingerprint density at radius 2 is 0.859 bits per heavy atom. The van der Waals surface area contributed by atoms with Crippen molar-refractivity contribution in [3.63, 3.8) is 0 Å². The molecule has 0 fully saturated rings. The third-order valence-electron chi connectivity index (χ3n) is 16.5. The van der Waals surface area contributed by atoms with Gasteiger partial charge in [-0.15, -0.1) is 0 Å². The van der Waals surface area contributed by atoms with E-state index in [0.29, 0.717) is 58.2 Å². The summed E-state index contributed by atoms with van der Waals surface area (Å²) in [6.45, 7) is 5.54. The third-order valence-corrected chi connectivity index (χ3v) is 22.1. The van der Waals surface area contributed by atoms with E-state index in [-0.39, 0.29) is 36.9 Å². The van der Waals surface area contributed by atoms with Gasteiger partial charge in [-0.3, -0.25) is 14.4 Å². The van der Waals surface area contributed by atoms with E-state index in [1.165, 1.54) is 0 Å². The van der Waals surface area contributed by atoms with Gasteiger partial charge in [-0.1, -0.05) is 114 Å². The zero-order chi connectivity index (χ0) is 60.3. The summed E-state index contributed by atoms with van der Waals surface area (Å²) in [6, 6.07) is 45.8. The maximum absolute atomic E-state index is 12.2. The molecule has 0 radical (unpaired) electrons. The van der Waals surface area contributed by atoms with Gasteiger partial charge < -0.3 is 29.0 Å². The van der Waals surface area contributed by atoms with Crippen LogP contribution in [0.25, 0.3) is 44.0 Å². The van der Waals surface area contributed by atoms with Gasteiger partial charge in [0.2, 0.25) is 0 Å². The van der Waals surface area contributed by atoms with Crippen LogP contribution in [-0.2, 0) is 102 Å². The van der Waals surface area contributed by atoms with Crippen LogP contribution in [-0.4, -0.2) is 89.4 Å². The molecule has 0 saturated heterocycles. The molecule has 3 aliphatic heterocycles. The number of aryl methyl sites for hydroxylation is 4. The van der Waals surface area contributed by atoms with Crippen LogP contribution in [0.4, 0.5) is 0 Å². The van der Waals surface area contributed by atoms with Gasteiger partial charge in [0.25, 0.3) is 0 Å². The number of benzene rings is 7. The Bertz CT molecular complexity index is 4750. The smallest absolute Gasteiger partial charge is 0.323 e. The Morgan fingerprint density at radius 3 is 1.36 bits per heavy atom. The van der Waals surface area contributed by atoms with Crippen molar-refractivity contribution >= 4 is 91.7 Å². The van der Waals surface area contributed by atoms with Crippen LogP contribution in [0.3, 0.4) is 0 Å². The molecule has 19 heteroatoms. The molecular weight excluding hydrogens is 1160 g/mol. The summed E-state index contributed by atoms with van der Waals surface area (Å²) in [7, 11) is -9.42. The standard InChI is InChI=1S/C25H21NO4S.C21H21NO4S.C20H18ClNO4S/c27-24(28)16-26-22-9-5-4-8-20(22)21(25(26)18-6-2-1-3-7-18)15-17-10-11-23-19(14-17)12-13-31(23,29)30;1-13-3-5-19-18(9-13)17(14(2)22(19)12-21(23)24)11-15-4-6-20-16(10-15)7-8-27(20,25)26;1-12-17(9-13-2-5-19-14(8-13)6-7-27(19,25)26)16-4-3-15(21)10-18(16)22(12)11-20(23)24/h1-11,14H,12-13,15-16H2,(H,27,28);3-6,9-10H,7-8,11-12H2,1-2H3,(H,23,24);2-5,8,10H,6-7,9,11H2,1H3,(H,23,24). The van der Waals surface area contributed by atoms with Crippen molar-refractivity contribution in [2.45, 2.75) is 93.6 Å². The fourth-order valence-electron chi connectivity index (χ4n) is 12.5. The first-order valence-electron chi connectivity index (χ1n) is 27.7. The lowest BCUT2D eigenvalue weighted by Gasteiger charge is -2.12. The number of nitrogens with zero attached hydrogens (tertiary/aromatic N) is 3. The first kappa shape index (κ1) is 58.5. The summed E-state index contributed by atoms with van der Waals surface area (Å²) in [6.07, 6.45) is 3.48. The fourth-order valence-corrected chi connectivity index (χ4v) is 17.3. The third kappa shape index (κ3) is 11.7. The van der Waals surface area contributed by atoms with Crippen LogP contribution >= 0.6 is 11.6 Å². The van der Waals surface area contributed by atoms with Crippen molar-refractivity contribution in [2.24, 2.45) is 0 Å². The van der Waals surface area contributed by atoms with Gasteiger partial charge in [-0.25, -0.2) is 25.3 Å². The monoisotopic (exact) mass is 1220 g/mol. The summed E-state index contributed by atoms with van der Waals surface area (Å²) in [4.78, 5) is 35.6. The van der Waals surface area contributed by atoms with Crippen LogP contribution in [0.5, 0.6) is 0 Å². The van der Waals surface area contributed by atoms with Crippen LogP contribution in [0.1, 0.15) is 67.0 Å². The zero-order valence-corrected chi connectivity index (χ0v) is 50.0. The lowest BCUT2D eigenvalue weighted by Crippen LogP contribution is -2.10. The van der Waals surface area contributed by atoms with Crippen LogP contribution < -0.4 is 0 Å². The van der Waals surface area contributed by atoms with Gasteiger partial charge in [0.1, 0.15) is 19.6 Å². The second kappa shape index (κ2) is 22.9.